The van der Waals surface area contributed by atoms with Crippen molar-refractivity contribution in [2.75, 3.05) is 18.6 Å². The van der Waals surface area contributed by atoms with Gasteiger partial charge in [-0.1, -0.05) is 0 Å². The Morgan fingerprint density at radius 1 is 1.43 bits per heavy atom. The topological polar surface area (TPSA) is 97.3 Å². The Morgan fingerprint density at radius 3 is 2.62 bits per heavy atom. The molecular weight excluding hydrogens is 314 g/mol. The predicted octanol–water partition coefficient (Wildman–Crippen LogP) is -0.400. The summed E-state index contributed by atoms with van der Waals surface area (Å²) in [6, 6.07) is 1.59. The maximum absolute atomic E-state index is 12.4. The molecule has 2 heterocycles. The van der Waals surface area contributed by atoms with Gasteiger partial charge in [0.2, 0.25) is 10.0 Å². The molecule has 1 aromatic heterocycles. The zero-order valence-electron chi connectivity index (χ0n) is 12.4. The summed E-state index contributed by atoms with van der Waals surface area (Å²) in [6.45, 7) is 2.18. The second-order valence-corrected chi connectivity index (χ2v) is 9.68. The van der Waals surface area contributed by atoms with Crippen LogP contribution < -0.4 is 10.0 Å². The van der Waals surface area contributed by atoms with Crippen molar-refractivity contribution in [3.05, 3.63) is 18.0 Å². The lowest BCUT2D eigenvalue weighted by molar-refractivity contribution is 0.462. The quantitative estimate of drug-likeness (QED) is 0.763. The number of aromatic nitrogens is 1. The van der Waals surface area contributed by atoms with Crippen molar-refractivity contribution in [1.82, 2.24) is 14.6 Å². The SMILES string of the molecule is CNCc1cc(S(=O)(=O)NC2(C)CCS(=O)(=O)C2)cn1C. The Kier molecular flexibility index (Phi) is 4.22. The number of aryl methyl sites for hydroxylation is 1. The summed E-state index contributed by atoms with van der Waals surface area (Å²) in [7, 11) is -3.34. The minimum Gasteiger partial charge on any atom is -0.352 e. The Bertz CT molecular complexity index is 737. The van der Waals surface area contributed by atoms with Crippen LogP contribution in [0.1, 0.15) is 19.0 Å². The largest absolute Gasteiger partial charge is 0.352 e. The lowest BCUT2D eigenvalue weighted by Gasteiger charge is -2.23. The summed E-state index contributed by atoms with van der Waals surface area (Å²) in [4.78, 5) is 0.153. The zero-order valence-corrected chi connectivity index (χ0v) is 14.0. The molecule has 0 radical (unpaired) electrons. The van der Waals surface area contributed by atoms with E-state index in [0.717, 1.165) is 5.69 Å². The highest BCUT2D eigenvalue weighted by Gasteiger charge is 2.41. The van der Waals surface area contributed by atoms with Crippen LogP contribution in [0.2, 0.25) is 0 Å². The molecule has 1 atom stereocenters. The monoisotopic (exact) mass is 335 g/mol. The van der Waals surface area contributed by atoms with E-state index in [0.29, 0.717) is 13.0 Å². The van der Waals surface area contributed by atoms with Gasteiger partial charge in [-0.3, -0.25) is 0 Å². The van der Waals surface area contributed by atoms with Crippen molar-refractivity contribution in [3.63, 3.8) is 0 Å². The first-order valence-corrected chi connectivity index (χ1v) is 9.92. The van der Waals surface area contributed by atoms with E-state index in [1.807, 2.05) is 0 Å². The van der Waals surface area contributed by atoms with E-state index < -0.39 is 25.4 Å². The highest BCUT2D eigenvalue weighted by atomic mass is 32.2. The zero-order chi connectivity index (χ0) is 15.9. The summed E-state index contributed by atoms with van der Waals surface area (Å²) in [6.07, 6.45) is 1.83. The van der Waals surface area contributed by atoms with Gasteiger partial charge in [-0.15, -0.1) is 0 Å². The van der Waals surface area contributed by atoms with Crippen LogP contribution in [0.5, 0.6) is 0 Å². The molecule has 1 aliphatic heterocycles. The molecule has 2 N–H and O–H groups in total. The van der Waals surface area contributed by atoms with Crippen molar-refractivity contribution in [1.29, 1.82) is 0 Å². The molecule has 0 aliphatic carbocycles. The van der Waals surface area contributed by atoms with Crippen LogP contribution in [-0.2, 0) is 33.5 Å². The van der Waals surface area contributed by atoms with Crippen molar-refractivity contribution in [2.24, 2.45) is 7.05 Å². The van der Waals surface area contributed by atoms with Gasteiger partial charge >= 0.3 is 0 Å². The molecule has 1 unspecified atom stereocenters. The number of nitrogens with zero attached hydrogens (tertiary/aromatic N) is 1. The lowest BCUT2D eigenvalue weighted by Crippen LogP contribution is -2.46. The molecule has 1 aromatic rings. The summed E-state index contributed by atoms with van der Waals surface area (Å²) in [5.41, 5.74) is -0.0986. The van der Waals surface area contributed by atoms with Crippen LogP contribution in [0.4, 0.5) is 0 Å². The summed E-state index contributed by atoms with van der Waals surface area (Å²) < 4.78 is 52.3. The van der Waals surface area contributed by atoms with Crippen LogP contribution in [-0.4, -0.2) is 45.5 Å². The Hall–Kier alpha value is -0.900. The van der Waals surface area contributed by atoms with Crippen molar-refractivity contribution in [3.8, 4) is 0 Å². The highest BCUT2D eigenvalue weighted by Crippen LogP contribution is 2.25. The van der Waals surface area contributed by atoms with Gasteiger partial charge in [0.25, 0.3) is 0 Å². The molecule has 1 aliphatic rings. The third-order valence-electron chi connectivity index (χ3n) is 3.64. The number of nitrogens with one attached hydrogen (secondary N) is 2. The van der Waals surface area contributed by atoms with Gasteiger partial charge in [0.05, 0.1) is 16.4 Å². The fourth-order valence-electron chi connectivity index (χ4n) is 2.56. The van der Waals surface area contributed by atoms with Gasteiger partial charge in [0, 0.05) is 31.0 Å². The molecule has 1 saturated heterocycles. The molecule has 21 heavy (non-hydrogen) atoms. The van der Waals surface area contributed by atoms with E-state index in [1.165, 1.54) is 6.20 Å². The molecular formula is C12H21N3O4S2. The number of rotatable bonds is 5. The van der Waals surface area contributed by atoms with Crippen LogP contribution >= 0.6 is 0 Å². The van der Waals surface area contributed by atoms with E-state index >= 15 is 0 Å². The predicted molar refractivity (Wildman–Crippen MR) is 80.2 cm³/mol. The first-order valence-electron chi connectivity index (χ1n) is 6.61. The van der Waals surface area contributed by atoms with Gasteiger partial charge in [-0.2, -0.15) is 0 Å². The third kappa shape index (κ3) is 3.65. The normalized spacial score (nSPS) is 25.3. The van der Waals surface area contributed by atoms with E-state index in [1.54, 1.807) is 31.7 Å². The van der Waals surface area contributed by atoms with Crippen molar-refractivity contribution >= 4 is 19.9 Å². The molecule has 0 aromatic carbocycles. The maximum Gasteiger partial charge on any atom is 0.242 e. The van der Waals surface area contributed by atoms with E-state index in [2.05, 4.69) is 10.0 Å². The van der Waals surface area contributed by atoms with Crippen LogP contribution in [0, 0.1) is 0 Å². The van der Waals surface area contributed by atoms with E-state index in [4.69, 9.17) is 0 Å². The van der Waals surface area contributed by atoms with Gasteiger partial charge in [0.1, 0.15) is 0 Å². The minimum atomic E-state index is -3.74. The van der Waals surface area contributed by atoms with Crippen LogP contribution in [0.3, 0.4) is 0 Å². The molecule has 9 heteroatoms. The first kappa shape index (κ1) is 16.5. The molecule has 0 spiro atoms. The molecule has 1 fully saturated rings. The van der Waals surface area contributed by atoms with Crippen LogP contribution in [0.25, 0.3) is 0 Å². The van der Waals surface area contributed by atoms with Crippen LogP contribution in [0.15, 0.2) is 17.2 Å². The smallest absolute Gasteiger partial charge is 0.242 e. The highest BCUT2D eigenvalue weighted by molar-refractivity contribution is 7.92. The van der Waals surface area contributed by atoms with Gasteiger partial charge in [-0.25, -0.2) is 21.6 Å². The average Bonchev–Trinajstić information content (AvgIpc) is 2.81. The maximum atomic E-state index is 12.4. The number of hydrogen-bond acceptors (Lipinski definition) is 5. The standard InChI is InChI=1S/C12H21N3O4S2/c1-12(4-5-20(16,17)9-12)14-21(18,19)11-6-10(7-13-2)15(3)8-11/h6,8,13-14H,4-5,7,9H2,1-3H3. The molecule has 7 nitrogen and oxygen atoms in total. The molecule has 0 saturated carbocycles. The third-order valence-corrected chi connectivity index (χ3v) is 7.14. The van der Waals surface area contributed by atoms with Gasteiger partial charge in [0.15, 0.2) is 9.84 Å². The average molecular weight is 335 g/mol. The fraction of sp³-hybridized carbons (Fsp3) is 0.667. The Labute approximate surface area is 125 Å². The number of hydrogen-bond donors (Lipinski definition) is 2. The summed E-state index contributed by atoms with van der Waals surface area (Å²) >= 11 is 0. The second-order valence-electron chi connectivity index (χ2n) is 5.82. The molecule has 2 rings (SSSR count). The molecule has 0 bridgehead atoms. The molecule has 0 amide bonds. The molecule has 120 valence electrons. The lowest BCUT2D eigenvalue weighted by atomic mass is 10.0. The van der Waals surface area contributed by atoms with Crippen molar-refractivity contribution in [2.45, 2.75) is 30.3 Å². The van der Waals surface area contributed by atoms with Gasteiger partial charge in [-0.05, 0) is 26.5 Å². The number of sulfonamides is 1. The Balaban J connectivity index is 2.25. The summed E-state index contributed by atoms with van der Waals surface area (Å²) in [5.74, 6) is -0.138. The Morgan fingerprint density at radius 2 is 2.10 bits per heavy atom. The minimum absolute atomic E-state index is 0.0197. The number of sulfone groups is 1. The fourth-order valence-corrected chi connectivity index (χ4v) is 6.27. The van der Waals surface area contributed by atoms with Crippen molar-refractivity contribution < 1.29 is 16.8 Å². The first-order chi connectivity index (χ1) is 9.57. The van der Waals surface area contributed by atoms with E-state index in [-0.39, 0.29) is 16.4 Å². The van der Waals surface area contributed by atoms with Gasteiger partial charge < -0.3 is 9.88 Å². The van der Waals surface area contributed by atoms with E-state index in [9.17, 15) is 16.8 Å². The second kappa shape index (κ2) is 5.38. The summed E-state index contributed by atoms with van der Waals surface area (Å²) in [5, 5.41) is 2.97.